The molecule has 1 unspecified atom stereocenters. The summed E-state index contributed by atoms with van der Waals surface area (Å²) in [7, 11) is 0. The molecule has 1 fully saturated rings. The lowest BCUT2D eigenvalue weighted by atomic mass is 10.2. The first-order valence-corrected chi connectivity index (χ1v) is 5.73. The molecule has 4 heteroatoms. The van der Waals surface area contributed by atoms with E-state index in [-0.39, 0.29) is 5.69 Å². The zero-order chi connectivity index (χ0) is 10.1. The predicted molar refractivity (Wildman–Crippen MR) is 60.0 cm³/mol. The maximum Gasteiger partial charge on any atom is 0.328 e. The van der Waals surface area contributed by atoms with Crippen molar-refractivity contribution in [3.63, 3.8) is 0 Å². The lowest BCUT2D eigenvalue weighted by molar-refractivity contribution is 0.508. The molecule has 0 N–H and O–H groups in total. The second-order valence-corrected chi connectivity index (χ2v) is 4.52. The van der Waals surface area contributed by atoms with E-state index in [1.165, 1.54) is 0 Å². The smallest absolute Gasteiger partial charge is 0.299 e. The highest BCUT2D eigenvalue weighted by atomic mass is 32.1. The van der Waals surface area contributed by atoms with Crippen LogP contribution in [0, 0.1) is 5.92 Å². The van der Waals surface area contributed by atoms with Crippen molar-refractivity contribution in [3.05, 3.63) is 22.9 Å². The van der Waals surface area contributed by atoms with E-state index in [9.17, 15) is 4.79 Å². The average Bonchev–Trinajstić information content (AvgIpc) is 2.95. The van der Waals surface area contributed by atoms with Gasteiger partial charge in [-0.05, 0) is 24.5 Å². The molecular weight excluding hydrogens is 196 g/mol. The monoisotopic (exact) mass is 212 g/mol. The molecule has 0 aromatic carbocycles. The normalized spacial score (nSPS) is 18.4. The van der Waals surface area contributed by atoms with Crippen molar-refractivity contribution >= 4 is 12.6 Å². The van der Waals surface area contributed by atoms with Crippen molar-refractivity contribution in [2.75, 3.05) is 5.75 Å². The van der Waals surface area contributed by atoms with Gasteiger partial charge >= 0.3 is 5.69 Å². The predicted octanol–water partition coefficient (Wildman–Crippen LogP) is 1.55. The van der Waals surface area contributed by atoms with Crippen LogP contribution in [0.2, 0.25) is 0 Å². The summed E-state index contributed by atoms with van der Waals surface area (Å²) in [5, 5.41) is 0. The molecule has 0 amide bonds. The fourth-order valence-corrected chi connectivity index (χ4v) is 1.71. The van der Waals surface area contributed by atoms with Crippen molar-refractivity contribution < 1.29 is 0 Å². The Morgan fingerprint density at radius 2 is 2.29 bits per heavy atom. The van der Waals surface area contributed by atoms with Gasteiger partial charge in [-0.25, -0.2) is 4.79 Å². The topological polar surface area (TPSA) is 26.9 Å². The molecule has 1 heterocycles. The van der Waals surface area contributed by atoms with E-state index in [4.69, 9.17) is 0 Å². The van der Waals surface area contributed by atoms with E-state index in [0.29, 0.717) is 12.0 Å². The van der Waals surface area contributed by atoms with Gasteiger partial charge < -0.3 is 0 Å². The first-order chi connectivity index (χ1) is 6.72. The van der Waals surface area contributed by atoms with Crippen LogP contribution in [-0.4, -0.2) is 14.9 Å². The quantitative estimate of drug-likeness (QED) is 0.753. The molecule has 0 bridgehead atoms. The zero-order valence-electron chi connectivity index (χ0n) is 8.39. The standard InChI is InChI=1S/C10H16N2OS/c1-8(7-14)6-11-4-5-12(10(11)13)9-2-3-9/h4-5,8-9,14H,2-3,6-7H2,1H3. The van der Waals surface area contributed by atoms with Gasteiger partial charge in [0.25, 0.3) is 0 Å². The van der Waals surface area contributed by atoms with Crippen LogP contribution in [0.4, 0.5) is 0 Å². The number of hydrogen-bond donors (Lipinski definition) is 1. The molecule has 0 radical (unpaired) electrons. The molecule has 3 nitrogen and oxygen atoms in total. The Balaban J connectivity index is 2.14. The summed E-state index contributed by atoms with van der Waals surface area (Å²) in [6, 6.07) is 0.482. The minimum Gasteiger partial charge on any atom is -0.299 e. The van der Waals surface area contributed by atoms with Crippen molar-refractivity contribution in [2.24, 2.45) is 5.92 Å². The van der Waals surface area contributed by atoms with Crippen LogP contribution in [0.3, 0.4) is 0 Å². The molecule has 1 aliphatic rings. The second kappa shape index (κ2) is 3.85. The molecule has 1 atom stereocenters. The minimum atomic E-state index is 0.140. The van der Waals surface area contributed by atoms with Crippen molar-refractivity contribution in [1.82, 2.24) is 9.13 Å². The molecule has 0 aliphatic heterocycles. The summed E-state index contributed by atoms with van der Waals surface area (Å²) in [5.74, 6) is 1.27. The summed E-state index contributed by atoms with van der Waals surface area (Å²) in [6.07, 6.45) is 6.11. The zero-order valence-corrected chi connectivity index (χ0v) is 9.28. The maximum absolute atomic E-state index is 11.8. The summed E-state index contributed by atoms with van der Waals surface area (Å²) in [4.78, 5) is 11.8. The van der Waals surface area contributed by atoms with E-state index in [1.807, 2.05) is 17.0 Å². The van der Waals surface area contributed by atoms with Crippen LogP contribution >= 0.6 is 12.6 Å². The third kappa shape index (κ3) is 1.90. The summed E-state index contributed by atoms with van der Waals surface area (Å²) in [5.41, 5.74) is 0.140. The first kappa shape index (κ1) is 9.90. The molecule has 14 heavy (non-hydrogen) atoms. The van der Waals surface area contributed by atoms with Crippen molar-refractivity contribution in [2.45, 2.75) is 32.4 Å². The van der Waals surface area contributed by atoms with Crippen LogP contribution < -0.4 is 5.69 Å². The SMILES string of the molecule is CC(CS)Cn1ccn(C2CC2)c1=O. The van der Waals surface area contributed by atoms with E-state index < -0.39 is 0 Å². The highest BCUT2D eigenvalue weighted by molar-refractivity contribution is 7.80. The molecule has 1 aromatic rings. The van der Waals surface area contributed by atoms with Gasteiger partial charge in [0.2, 0.25) is 0 Å². The van der Waals surface area contributed by atoms with Crippen LogP contribution in [0.1, 0.15) is 25.8 Å². The van der Waals surface area contributed by atoms with Gasteiger partial charge in [0.05, 0.1) is 0 Å². The Labute approximate surface area is 89.1 Å². The molecule has 2 rings (SSSR count). The number of nitrogens with zero attached hydrogens (tertiary/aromatic N) is 2. The maximum atomic E-state index is 11.8. The highest BCUT2D eigenvalue weighted by Gasteiger charge is 2.25. The lowest BCUT2D eigenvalue weighted by Crippen LogP contribution is -2.25. The Morgan fingerprint density at radius 3 is 2.86 bits per heavy atom. The molecule has 78 valence electrons. The molecule has 1 saturated carbocycles. The van der Waals surface area contributed by atoms with Gasteiger partial charge in [0, 0.05) is 25.0 Å². The van der Waals surface area contributed by atoms with Crippen LogP contribution in [0.25, 0.3) is 0 Å². The average molecular weight is 212 g/mol. The molecular formula is C10H16N2OS. The van der Waals surface area contributed by atoms with E-state index >= 15 is 0 Å². The number of aromatic nitrogens is 2. The molecule has 0 spiro atoms. The Morgan fingerprint density at radius 1 is 1.57 bits per heavy atom. The van der Waals surface area contributed by atoms with Gasteiger partial charge in [-0.3, -0.25) is 9.13 Å². The number of hydrogen-bond acceptors (Lipinski definition) is 2. The van der Waals surface area contributed by atoms with Gasteiger partial charge in [0.15, 0.2) is 0 Å². The molecule has 1 aromatic heterocycles. The highest BCUT2D eigenvalue weighted by Crippen LogP contribution is 2.33. The summed E-state index contributed by atoms with van der Waals surface area (Å²) < 4.78 is 3.64. The van der Waals surface area contributed by atoms with Gasteiger partial charge in [-0.2, -0.15) is 12.6 Å². The van der Waals surface area contributed by atoms with E-state index in [0.717, 1.165) is 25.1 Å². The third-order valence-electron chi connectivity index (χ3n) is 2.63. The van der Waals surface area contributed by atoms with Gasteiger partial charge in [-0.15, -0.1) is 0 Å². The third-order valence-corrected chi connectivity index (χ3v) is 3.26. The number of thiol groups is 1. The second-order valence-electron chi connectivity index (χ2n) is 4.16. The van der Waals surface area contributed by atoms with Crippen LogP contribution in [0.5, 0.6) is 0 Å². The Bertz CT molecular complexity index is 364. The van der Waals surface area contributed by atoms with E-state index in [2.05, 4.69) is 19.6 Å². The summed E-state index contributed by atoms with van der Waals surface area (Å²) in [6.45, 7) is 2.88. The lowest BCUT2D eigenvalue weighted by Gasteiger charge is -2.07. The fourth-order valence-electron chi connectivity index (χ4n) is 1.59. The summed E-state index contributed by atoms with van der Waals surface area (Å²) >= 11 is 4.22. The Kier molecular flexibility index (Phi) is 2.72. The van der Waals surface area contributed by atoms with Crippen LogP contribution in [-0.2, 0) is 6.54 Å². The van der Waals surface area contributed by atoms with Gasteiger partial charge in [0.1, 0.15) is 0 Å². The number of rotatable bonds is 4. The van der Waals surface area contributed by atoms with E-state index in [1.54, 1.807) is 4.57 Å². The Hall–Kier alpha value is -0.640. The van der Waals surface area contributed by atoms with Crippen molar-refractivity contribution in [3.8, 4) is 0 Å². The van der Waals surface area contributed by atoms with Crippen LogP contribution in [0.15, 0.2) is 17.2 Å². The van der Waals surface area contributed by atoms with Crippen molar-refractivity contribution in [1.29, 1.82) is 0 Å². The fraction of sp³-hybridized carbons (Fsp3) is 0.700. The largest absolute Gasteiger partial charge is 0.328 e. The number of imidazole rings is 1. The molecule has 0 saturated heterocycles. The molecule has 1 aliphatic carbocycles. The minimum absolute atomic E-state index is 0.140. The van der Waals surface area contributed by atoms with Gasteiger partial charge in [-0.1, -0.05) is 6.92 Å². The first-order valence-electron chi connectivity index (χ1n) is 5.10.